The Hall–Kier alpha value is -7.68. The van der Waals surface area contributed by atoms with Crippen LogP contribution in [-0.2, 0) is 0 Å². The first-order chi connectivity index (χ1) is 28.8. The molecule has 0 fully saturated rings. The average Bonchev–Trinajstić information content (AvgIpc) is 3.65. The van der Waals surface area contributed by atoms with E-state index in [1.54, 1.807) is 0 Å². The van der Waals surface area contributed by atoms with Gasteiger partial charge in [0.1, 0.15) is 0 Å². The van der Waals surface area contributed by atoms with Gasteiger partial charge in [-0.15, -0.1) is 0 Å². The average molecular weight is 739 g/mol. The molecule has 0 spiro atoms. The summed E-state index contributed by atoms with van der Waals surface area (Å²) in [5.74, 6) is 0. The summed E-state index contributed by atoms with van der Waals surface area (Å²) in [5.41, 5.74) is 15.4. The number of para-hydroxylation sites is 1. The van der Waals surface area contributed by atoms with Crippen LogP contribution in [0.1, 0.15) is 0 Å². The number of aromatic nitrogens is 1. The van der Waals surface area contributed by atoms with Gasteiger partial charge in [-0.1, -0.05) is 176 Å². The molecule has 2 aromatic heterocycles. The molecular weight excluding hydrogens is 701 g/mol. The molecule has 2 heteroatoms. The summed E-state index contributed by atoms with van der Waals surface area (Å²) in [6, 6.07) is 81.5. The molecule has 2 nitrogen and oxygen atoms in total. The third-order valence-electron chi connectivity index (χ3n) is 11.6. The quantitative estimate of drug-likeness (QED) is 0.158. The van der Waals surface area contributed by atoms with Gasteiger partial charge in [0.25, 0.3) is 0 Å². The van der Waals surface area contributed by atoms with Crippen molar-refractivity contribution >= 4 is 55.0 Å². The second-order valence-electron chi connectivity index (χ2n) is 14.9. The van der Waals surface area contributed by atoms with Gasteiger partial charge >= 0.3 is 0 Å². The van der Waals surface area contributed by atoms with Gasteiger partial charge in [-0.25, -0.2) is 0 Å². The first-order valence-electron chi connectivity index (χ1n) is 19.9. The molecule has 0 radical (unpaired) electrons. The summed E-state index contributed by atoms with van der Waals surface area (Å²) in [6.45, 7) is 0. The fourth-order valence-corrected chi connectivity index (χ4v) is 8.93. The highest BCUT2D eigenvalue weighted by Crippen LogP contribution is 2.46. The summed E-state index contributed by atoms with van der Waals surface area (Å²) >= 11 is 0. The van der Waals surface area contributed by atoms with Gasteiger partial charge < -0.3 is 9.30 Å². The fraction of sp³-hybridized carbons (Fsp3) is 0. The van der Waals surface area contributed by atoms with Crippen LogP contribution in [-0.4, -0.2) is 4.40 Å². The molecule has 0 aliphatic rings. The van der Waals surface area contributed by atoms with E-state index in [9.17, 15) is 0 Å². The molecule has 0 aliphatic heterocycles. The van der Waals surface area contributed by atoms with Crippen LogP contribution in [0, 0.1) is 0 Å². The molecule has 0 amide bonds. The van der Waals surface area contributed by atoms with Crippen LogP contribution in [0.15, 0.2) is 231 Å². The number of anilines is 3. The van der Waals surface area contributed by atoms with E-state index < -0.39 is 0 Å². The van der Waals surface area contributed by atoms with Crippen molar-refractivity contribution in [2.45, 2.75) is 0 Å². The lowest BCUT2D eigenvalue weighted by molar-refractivity contribution is 1.26. The van der Waals surface area contributed by atoms with Crippen LogP contribution in [0.25, 0.3) is 82.5 Å². The van der Waals surface area contributed by atoms with E-state index in [0.717, 1.165) is 17.1 Å². The van der Waals surface area contributed by atoms with Gasteiger partial charge in [0, 0.05) is 33.8 Å². The molecule has 272 valence electrons. The predicted octanol–water partition coefficient (Wildman–Crippen LogP) is 15.5. The number of nitrogens with zero attached hydrogens (tertiary/aromatic N) is 2. The van der Waals surface area contributed by atoms with Crippen LogP contribution in [0.2, 0.25) is 0 Å². The molecule has 2 heterocycles. The van der Waals surface area contributed by atoms with Crippen molar-refractivity contribution in [3.8, 4) is 44.5 Å². The van der Waals surface area contributed by atoms with Crippen LogP contribution in [0.5, 0.6) is 0 Å². The van der Waals surface area contributed by atoms with Crippen LogP contribution >= 0.6 is 0 Å². The van der Waals surface area contributed by atoms with Gasteiger partial charge in [0.2, 0.25) is 0 Å². The molecule has 11 aromatic rings. The molecule has 0 saturated carbocycles. The lowest BCUT2D eigenvalue weighted by atomic mass is 9.92. The number of fused-ring (bicyclic) bond motifs is 6. The normalized spacial score (nSPS) is 11.4. The number of benzene rings is 9. The summed E-state index contributed by atoms with van der Waals surface area (Å²) in [6.07, 6.45) is 2.18. The third-order valence-corrected chi connectivity index (χ3v) is 11.6. The Kier molecular flexibility index (Phi) is 8.19. The Morgan fingerprint density at radius 3 is 1.71 bits per heavy atom. The number of hydrogen-bond donors (Lipinski definition) is 0. The highest BCUT2D eigenvalue weighted by Gasteiger charge is 2.21. The Morgan fingerprint density at radius 2 is 0.914 bits per heavy atom. The predicted molar refractivity (Wildman–Crippen MR) is 246 cm³/mol. The van der Waals surface area contributed by atoms with Crippen molar-refractivity contribution in [3.05, 3.63) is 231 Å². The summed E-state index contributed by atoms with van der Waals surface area (Å²) < 4.78 is 2.34. The van der Waals surface area contributed by atoms with E-state index in [2.05, 4.69) is 240 Å². The molecule has 58 heavy (non-hydrogen) atoms. The molecule has 0 saturated heterocycles. The molecule has 0 N–H and O–H groups in total. The summed E-state index contributed by atoms with van der Waals surface area (Å²) in [7, 11) is 0. The van der Waals surface area contributed by atoms with Gasteiger partial charge in [-0.3, -0.25) is 0 Å². The van der Waals surface area contributed by atoms with E-state index in [-0.39, 0.29) is 0 Å². The minimum Gasteiger partial charge on any atom is -0.316 e. The van der Waals surface area contributed by atoms with Crippen LogP contribution < -0.4 is 4.90 Å². The SMILES string of the molecule is c1ccc(-c2ccc(N(c3ccccc3-c3ccccc3)c3cccc4c(-c5ccc6ccc7c(c(-c8ccccc8)c8ccccn87)c6c5)cccc34)cc2)cc1. The lowest BCUT2D eigenvalue weighted by Gasteiger charge is -2.29. The molecule has 0 unspecified atom stereocenters. The smallest absolute Gasteiger partial charge is 0.0541 e. The van der Waals surface area contributed by atoms with Crippen molar-refractivity contribution in [1.29, 1.82) is 0 Å². The summed E-state index contributed by atoms with van der Waals surface area (Å²) in [5, 5.41) is 6.16. The number of hydrogen-bond acceptors (Lipinski definition) is 1. The topological polar surface area (TPSA) is 7.65 Å². The maximum atomic E-state index is 2.44. The minimum atomic E-state index is 1.10. The fourth-order valence-electron chi connectivity index (χ4n) is 8.93. The maximum absolute atomic E-state index is 2.44. The Morgan fingerprint density at radius 1 is 0.328 bits per heavy atom. The standard InChI is InChI=1S/C56H38N2/c1-4-16-39(17-5-1)40-31-34-45(35-32-40)58(51-26-11-10-22-47(51)41-18-6-2-7-19-41)52-28-15-24-48-46(23-14-25-49(48)52)44-30-29-42-33-36-54-56(50(42)38-44)55(43-20-8-3-9-21-43)53-27-12-13-37-57(53)54/h1-38H. The van der Waals surface area contributed by atoms with E-state index in [4.69, 9.17) is 0 Å². The molecule has 9 aromatic carbocycles. The molecule has 0 aliphatic carbocycles. The Bertz CT molecular complexity index is 3250. The van der Waals surface area contributed by atoms with E-state index in [1.807, 2.05) is 0 Å². The van der Waals surface area contributed by atoms with E-state index >= 15 is 0 Å². The van der Waals surface area contributed by atoms with Gasteiger partial charge in [-0.05, 0) is 98.1 Å². The van der Waals surface area contributed by atoms with Gasteiger partial charge in [0.05, 0.1) is 22.4 Å². The van der Waals surface area contributed by atoms with Gasteiger partial charge in [0.15, 0.2) is 0 Å². The van der Waals surface area contributed by atoms with Crippen LogP contribution in [0.3, 0.4) is 0 Å². The zero-order chi connectivity index (χ0) is 38.4. The lowest BCUT2D eigenvalue weighted by Crippen LogP contribution is -2.11. The zero-order valence-electron chi connectivity index (χ0n) is 31.8. The van der Waals surface area contributed by atoms with Crippen molar-refractivity contribution in [2.24, 2.45) is 0 Å². The second-order valence-corrected chi connectivity index (χ2v) is 14.9. The Labute approximate surface area is 338 Å². The van der Waals surface area contributed by atoms with Crippen molar-refractivity contribution in [2.75, 3.05) is 4.90 Å². The van der Waals surface area contributed by atoms with E-state index in [1.165, 1.54) is 82.5 Å². The van der Waals surface area contributed by atoms with Crippen LogP contribution in [0.4, 0.5) is 17.1 Å². The first kappa shape index (κ1) is 33.6. The molecule has 0 bridgehead atoms. The van der Waals surface area contributed by atoms with Crippen molar-refractivity contribution in [1.82, 2.24) is 4.40 Å². The zero-order valence-corrected chi connectivity index (χ0v) is 31.8. The largest absolute Gasteiger partial charge is 0.316 e. The minimum absolute atomic E-state index is 1.10. The molecule has 0 atom stereocenters. The summed E-state index contributed by atoms with van der Waals surface area (Å²) in [4.78, 5) is 2.44. The highest BCUT2D eigenvalue weighted by molar-refractivity contribution is 6.19. The molecular formula is C56H38N2. The maximum Gasteiger partial charge on any atom is 0.0541 e. The number of rotatable bonds is 7. The van der Waals surface area contributed by atoms with Gasteiger partial charge in [-0.2, -0.15) is 0 Å². The Balaban J connectivity index is 1.12. The van der Waals surface area contributed by atoms with E-state index in [0.29, 0.717) is 0 Å². The second kappa shape index (κ2) is 14.1. The monoisotopic (exact) mass is 738 g/mol. The molecule has 11 rings (SSSR count). The van der Waals surface area contributed by atoms with Crippen molar-refractivity contribution < 1.29 is 0 Å². The highest BCUT2D eigenvalue weighted by atomic mass is 15.1. The first-order valence-corrected chi connectivity index (χ1v) is 19.9. The number of pyridine rings is 1. The van der Waals surface area contributed by atoms with Crippen molar-refractivity contribution in [3.63, 3.8) is 0 Å². The third kappa shape index (κ3) is 5.66.